The number of hydrogen-bond acceptors (Lipinski definition) is 6. The molecular formula is C22H25F3N4O4. The number of aryl methyl sites for hydroxylation is 1. The van der Waals surface area contributed by atoms with Crippen LogP contribution in [-0.4, -0.2) is 36.7 Å². The van der Waals surface area contributed by atoms with Crippen molar-refractivity contribution in [2.45, 2.75) is 44.5 Å². The van der Waals surface area contributed by atoms with Gasteiger partial charge in [-0.25, -0.2) is 0 Å². The van der Waals surface area contributed by atoms with Crippen molar-refractivity contribution in [3.05, 3.63) is 53.5 Å². The second kappa shape index (κ2) is 9.97. The highest BCUT2D eigenvalue weighted by Gasteiger charge is 2.43. The van der Waals surface area contributed by atoms with Gasteiger partial charge in [0.15, 0.2) is 0 Å². The van der Waals surface area contributed by atoms with E-state index < -0.39 is 17.3 Å². The van der Waals surface area contributed by atoms with E-state index in [-0.39, 0.29) is 18.9 Å². The third-order valence-electron chi connectivity index (χ3n) is 5.55. The molecule has 1 fully saturated rings. The number of alkyl halides is 3. The Morgan fingerprint density at radius 3 is 2.39 bits per heavy atom. The fourth-order valence-corrected chi connectivity index (χ4v) is 3.79. The average Bonchev–Trinajstić information content (AvgIpc) is 3.39. The summed E-state index contributed by atoms with van der Waals surface area (Å²) >= 11 is 0. The second-order valence-electron chi connectivity index (χ2n) is 7.85. The van der Waals surface area contributed by atoms with Crippen LogP contribution in [0.25, 0.3) is 0 Å². The van der Waals surface area contributed by atoms with Crippen molar-refractivity contribution in [2.75, 3.05) is 18.0 Å². The van der Waals surface area contributed by atoms with E-state index >= 15 is 0 Å². The number of furan rings is 1. The fraction of sp³-hybridized carbons (Fsp3) is 0.409. The van der Waals surface area contributed by atoms with Gasteiger partial charge in [-0.2, -0.15) is 13.2 Å². The summed E-state index contributed by atoms with van der Waals surface area (Å²) < 4.78 is 43.6. The number of rotatable bonds is 4. The molecule has 1 aromatic heterocycles. The van der Waals surface area contributed by atoms with Gasteiger partial charge in [0, 0.05) is 38.0 Å². The van der Waals surface area contributed by atoms with Crippen LogP contribution in [0.4, 0.5) is 18.9 Å². The maximum atomic E-state index is 12.7. The summed E-state index contributed by atoms with van der Waals surface area (Å²) in [6, 6.07) is 8.80. The Labute approximate surface area is 188 Å². The van der Waals surface area contributed by atoms with E-state index in [1.54, 1.807) is 6.07 Å². The first kappa shape index (κ1) is 24.1. The highest BCUT2D eigenvalue weighted by Crippen LogP contribution is 2.37. The van der Waals surface area contributed by atoms with Gasteiger partial charge < -0.3 is 25.2 Å². The first-order valence-corrected chi connectivity index (χ1v) is 10.3. The lowest BCUT2D eigenvalue weighted by Crippen LogP contribution is -2.45. The fourth-order valence-electron chi connectivity index (χ4n) is 3.79. The number of hydrogen-bond donors (Lipinski definition) is 2. The Hall–Kier alpha value is -3.50. The topological polar surface area (TPSA) is 110 Å². The summed E-state index contributed by atoms with van der Waals surface area (Å²) in [5.74, 6) is 1.16. The maximum Gasteiger partial charge on any atom is 0.416 e. The minimum Gasteiger partial charge on any atom is -0.465 e. The zero-order valence-electron chi connectivity index (χ0n) is 18.0. The van der Waals surface area contributed by atoms with Crippen molar-refractivity contribution in [3.63, 3.8) is 0 Å². The molecule has 0 aliphatic carbocycles. The first-order valence-electron chi connectivity index (χ1n) is 10.3. The van der Waals surface area contributed by atoms with Crippen LogP contribution >= 0.6 is 0 Å². The van der Waals surface area contributed by atoms with Gasteiger partial charge in [-0.05, 0) is 43.3 Å². The van der Waals surface area contributed by atoms with Gasteiger partial charge in [0.05, 0.1) is 12.1 Å². The highest BCUT2D eigenvalue weighted by atomic mass is 19.4. The van der Waals surface area contributed by atoms with Crippen molar-refractivity contribution in [3.8, 4) is 0 Å². The summed E-state index contributed by atoms with van der Waals surface area (Å²) in [4.78, 5) is 28.6. The van der Waals surface area contributed by atoms with Gasteiger partial charge in [-0.1, -0.05) is 5.16 Å². The molecule has 0 bridgehead atoms. The SMILES string of the molecule is Cc1ccc(CNC(=O)C2=NOC3(CCN(c4ccc(C(F)(F)F)cc4)CC3)C2)o1.NC=O. The van der Waals surface area contributed by atoms with E-state index in [0.29, 0.717) is 43.8 Å². The maximum absolute atomic E-state index is 12.7. The minimum absolute atomic E-state index is 0.250. The van der Waals surface area contributed by atoms with Gasteiger partial charge >= 0.3 is 6.18 Å². The largest absolute Gasteiger partial charge is 0.465 e. The van der Waals surface area contributed by atoms with Crippen LogP contribution in [0.1, 0.15) is 36.3 Å². The number of oxime groups is 1. The molecule has 11 heteroatoms. The number of carbonyl (C=O) groups excluding carboxylic acids is 2. The van der Waals surface area contributed by atoms with Gasteiger partial charge in [-0.15, -0.1) is 0 Å². The number of nitrogens with one attached hydrogen (secondary N) is 1. The molecule has 0 saturated carbocycles. The van der Waals surface area contributed by atoms with Crippen molar-refractivity contribution < 1.29 is 32.0 Å². The molecule has 1 saturated heterocycles. The Morgan fingerprint density at radius 2 is 1.85 bits per heavy atom. The number of amides is 2. The van der Waals surface area contributed by atoms with E-state index in [2.05, 4.69) is 16.2 Å². The van der Waals surface area contributed by atoms with E-state index in [9.17, 15) is 18.0 Å². The lowest BCUT2D eigenvalue weighted by Gasteiger charge is -2.38. The Balaban J connectivity index is 0.000000968. The van der Waals surface area contributed by atoms with Gasteiger partial charge in [-0.3, -0.25) is 9.59 Å². The molecule has 4 rings (SSSR count). The lowest BCUT2D eigenvalue weighted by molar-refractivity contribution is -0.137. The molecular weight excluding hydrogens is 441 g/mol. The van der Waals surface area contributed by atoms with E-state index in [0.717, 1.165) is 23.6 Å². The number of nitrogens with zero attached hydrogens (tertiary/aromatic N) is 2. The molecule has 2 aliphatic heterocycles. The zero-order valence-corrected chi connectivity index (χ0v) is 18.0. The van der Waals surface area contributed by atoms with Crippen LogP contribution < -0.4 is 16.0 Å². The third-order valence-corrected chi connectivity index (χ3v) is 5.55. The summed E-state index contributed by atoms with van der Waals surface area (Å²) in [6.07, 6.45) is -2.42. The smallest absolute Gasteiger partial charge is 0.416 e. The number of carbonyl (C=O) groups is 2. The molecule has 2 aromatic rings. The highest BCUT2D eigenvalue weighted by molar-refractivity contribution is 6.39. The molecule has 0 radical (unpaired) electrons. The number of anilines is 1. The number of halogens is 3. The van der Waals surface area contributed by atoms with E-state index in [1.165, 1.54) is 12.1 Å². The molecule has 0 atom stereocenters. The van der Waals surface area contributed by atoms with Gasteiger partial charge in [0.1, 0.15) is 22.8 Å². The molecule has 3 heterocycles. The molecule has 8 nitrogen and oxygen atoms in total. The summed E-state index contributed by atoms with van der Waals surface area (Å²) in [5, 5.41) is 6.78. The molecule has 1 spiro atoms. The summed E-state index contributed by atoms with van der Waals surface area (Å²) in [5.41, 5.74) is 4.06. The van der Waals surface area contributed by atoms with Crippen molar-refractivity contribution in [1.82, 2.24) is 5.32 Å². The van der Waals surface area contributed by atoms with Crippen LogP contribution in [0.5, 0.6) is 0 Å². The third kappa shape index (κ3) is 6.05. The average molecular weight is 466 g/mol. The molecule has 178 valence electrons. The van der Waals surface area contributed by atoms with E-state index in [1.807, 2.05) is 17.9 Å². The number of piperidine rings is 1. The van der Waals surface area contributed by atoms with Crippen LogP contribution in [-0.2, 0) is 27.1 Å². The van der Waals surface area contributed by atoms with Gasteiger partial charge in [0.2, 0.25) is 6.41 Å². The van der Waals surface area contributed by atoms with Crippen LogP contribution in [0.2, 0.25) is 0 Å². The van der Waals surface area contributed by atoms with E-state index in [4.69, 9.17) is 14.0 Å². The van der Waals surface area contributed by atoms with Gasteiger partial charge in [0.25, 0.3) is 5.91 Å². The molecule has 2 aliphatic rings. The predicted octanol–water partition coefficient (Wildman–Crippen LogP) is 3.14. The first-order chi connectivity index (χ1) is 15.7. The summed E-state index contributed by atoms with van der Waals surface area (Å²) in [6.45, 7) is 3.34. The molecule has 0 unspecified atom stereocenters. The second-order valence-corrected chi connectivity index (χ2v) is 7.85. The number of nitrogens with two attached hydrogens (primary N) is 1. The lowest BCUT2D eigenvalue weighted by atomic mass is 9.86. The molecule has 2 amide bonds. The standard InChI is InChI=1S/C21H22F3N3O3.CH3NO/c1-14-2-7-17(29-14)13-25-19(28)18-12-20(30-26-18)8-10-27(11-9-20)16-5-3-15(4-6-16)21(22,23)24;2-1-3/h2-7H,8-13H2,1H3,(H,25,28);1H,(H2,2,3). The van der Waals surface area contributed by atoms with Crippen molar-refractivity contribution in [1.29, 1.82) is 0 Å². The molecule has 33 heavy (non-hydrogen) atoms. The van der Waals surface area contributed by atoms with Crippen LogP contribution in [0.15, 0.2) is 46.0 Å². The van der Waals surface area contributed by atoms with Crippen molar-refractivity contribution >= 4 is 23.7 Å². The van der Waals surface area contributed by atoms with Crippen LogP contribution in [0, 0.1) is 6.92 Å². The number of primary amides is 1. The Kier molecular flexibility index (Phi) is 7.29. The quantitative estimate of drug-likeness (QED) is 0.673. The molecule has 1 aromatic carbocycles. The summed E-state index contributed by atoms with van der Waals surface area (Å²) in [7, 11) is 0. The monoisotopic (exact) mass is 466 g/mol. The normalized spacial score (nSPS) is 17.0. The zero-order chi connectivity index (χ0) is 24.1. The van der Waals surface area contributed by atoms with Crippen LogP contribution in [0.3, 0.4) is 0 Å². The molecule has 3 N–H and O–H groups in total. The Morgan fingerprint density at radius 1 is 1.21 bits per heavy atom. The predicted molar refractivity (Wildman–Crippen MR) is 114 cm³/mol. The minimum atomic E-state index is -4.34. The Bertz CT molecular complexity index is 994. The number of benzene rings is 1. The van der Waals surface area contributed by atoms with Crippen molar-refractivity contribution in [2.24, 2.45) is 10.9 Å².